The fourth-order valence-corrected chi connectivity index (χ4v) is 2.60. The van der Waals surface area contributed by atoms with Gasteiger partial charge >= 0.3 is 5.97 Å². The van der Waals surface area contributed by atoms with Gasteiger partial charge in [-0.3, -0.25) is 14.4 Å². The van der Waals surface area contributed by atoms with Gasteiger partial charge in [0.25, 0.3) is 5.91 Å². The summed E-state index contributed by atoms with van der Waals surface area (Å²) in [6, 6.07) is 11.8. The molecule has 6 heteroatoms. The van der Waals surface area contributed by atoms with Crippen molar-refractivity contribution in [2.75, 3.05) is 10.6 Å². The van der Waals surface area contributed by atoms with Crippen LogP contribution in [0.3, 0.4) is 0 Å². The average Bonchev–Trinajstić information content (AvgIpc) is 2.57. The number of rotatable bonds is 7. The van der Waals surface area contributed by atoms with Crippen LogP contribution in [0.5, 0.6) is 0 Å². The number of benzene rings is 2. The van der Waals surface area contributed by atoms with Crippen LogP contribution in [0, 0.1) is 12.8 Å². The van der Waals surface area contributed by atoms with Crippen LogP contribution in [0.25, 0.3) is 0 Å². The Labute approximate surface area is 158 Å². The monoisotopic (exact) mass is 368 g/mol. The summed E-state index contributed by atoms with van der Waals surface area (Å²) in [6.07, 6.45) is 0.386. The Bertz CT molecular complexity index is 842. The number of aliphatic carboxylic acids is 1. The number of carbonyl (C=O) groups is 3. The first kappa shape index (κ1) is 20.2. The van der Waals surface area contributed by atoms with Gasteiger partial charge in [0.05, 0.1) is 6.42 Å². The number of hydrogen-bond acceptors (Lipinski definition) is 3. The van der Waals surface area contributed by atoms with E-state index >= 15 is 0 Å². The maximum absolute atomic E-state index is 12.4. The minimum absolute atomic E-state index is 0.0493. The third-order valence-corrected chi connectivity index (χ3v) is 3.92. The smallest absolute Gasteiger partial charge is 0.307 e. The zero-order valence-corrected chi connectivity index (χ0v) is 15.7. The number of hydrogen-bond donors (Lipinski definition) is 3. The fraction of sp³-hybridized carbons (Fsp3) is 0.286. The number of carboxylic acids is 1. The van der Waals surface area contributed by atoms with E-state index in [2.05, 4.69) is 10.6 Å². The molecule has 0 heterocycles. The Balaban J connectivity index is 2.03. The van der Waals surface area contributed by atoms with Crippen molar-refractivity contribution in [2.24, 2.45) is 5.92 Å². The van der Waals surface area contributed by atoms with Crippen molar-refractivity contribution >= 4 is 29.2 Å². The topological polar surface area (TPSA) is 95.5 Å². The molecule has 0 spiro atoms. The molecule has 2 rings (SSSR count). The molecule has 0 aliphatic carbocycles. The number of carboxylic acid groups (broad SMARTS) is 1. The van der Waals surface area contributed by atoms with Gasteiger partial charge in [0, 0.05) is 23.4 Å². The second kappa shape index (κ2) is 8.98. The van der Waals surface area contributed by atoms with E-state index in [9.17, 15) is 14.4 Å². The maximum Gasteiger partial charge on any atom is 0.307 e. The van der Waals surface area contributed by atoms with Crippen molar-refractivity contribution in [1.82, 2.24) is 0 Å². The molecular weight excluding hydrogens is 344 g/mol. The highest BCUT2D eigenvalue weighted by molar-refractivity contribution is 6.05. The van der Waals surface area contributed by atoms with E-state index in [-0.39, 0.29) is 24.2 Å². The second-order valence-corrected chi connectivity index (χ2v) is 6.90. The van der Waals surface area contributed by atoms with Crippen molar-refractivity contribution in [2.45, 2.75) is 33.6 Å². The third-order valence-electron chi connectivity index (χ3n) is 3.92. The van der Waals surface area contributed by atoms with Crippen LogP contribution in [0.1, 0.15) is 41.8 Å². The first-order valence-electron chi connectivity index (χ1n) is 8.77. The highest BCUT2D eigenvalue weighted by Crippen LogP contribution is 2.19. The van der Waals surface area contributed by atoms with Crippen LogP contribution in [0.2, 0.25) is 0 Å². The number of amides is 2. The van der Waals surface area contributed by atoms with Crippen LogP contribution in [0.4, 0.5) is 11.4 Å². The Hall–Kier alpha value is -3.15. The van der Waals surface area contributed by atoms with Crippen molar-refractivity contribution in [3.05, 3.63) is 59.2 Å². The molecule has 0 unspecified atom stereocenters. The predicted molar refractivity (Wildman–Crippen MR) is 105 cm³/mol. The molecule has 2 aromatic rings. The van der Waals surface area contributed by atoms with Gasteiger partial charge in [-0.2, -0.15) is 0 Å². The van der Waals surface area contributed by atoms with Crippen LogP contribution >= 0.6 is 0 Å². The van der Waals surface area contributed by atoms with Crippen LogP contribution in [-0.2, 0) is 16.0 Å². The highest BCUT2D eigenvalue weighted by Gasteiger charge is 2.11. The Morgan fingerprint density at radius 3 is 2.22 bits per heavy atom. The predicted octanol–water partition coefficient (Wildman–Crippen LogP) is 3.86. The van der Waals surface area contributed by atoms with Crippen molar-refractivity contribution in [3.63, 3.8) is 0 Å². The van der Waals surface area contributed by atoms with Gasteiger partial charge in [-0.1, -0.05) is 26.0 Å². The lowest BCUT2D eigenvalue weighted by Crippen LogP contribution is -2.16. The number of aryl methyl sites for hydroxylation is 1. The lowest BCUT2D eigenvalue weighted by atomic mass is 10.1. The lowest BCUT2D eigenvalue weighted by molar-refractivity contribution is -0.136. The summed E-state index contributed by atoms with van der Waals surface area (Å²) in [7, 11) is 0. The zero-order chi connectivity index (χ0) is 20.0. The largest absolute Gasteiger partial charge is 0.481 e. The molecule has 0 radical (unpaired) electrons. The minimum atomic E-state index is -0.900. The lowest BCUT2D eigenvalue weighted by Gasteiger charge is -2.12. The first-order valence-corrected chi connectivity index (χ1v) is 8.77. The van der Waals surface area contributed by atoms with Crippen LogP contribution < -0.4 is 10.6 Å². The summed E-state index contributed by atoms with van der Waals surface area (Å²) < 4.78 is 0. The fourth-order valence-electron chi connectivity index (χ4n) is 2.60. The third kappa shape index (κ3) is 6.26. The molecule has 0 fully saturated rings. The van der Waals surface area contributed by atoms with Gasteiger partial charge < -0.3 is 15.7 Å². The molecule has 2 aromatic carbocycles. The van der Waals surface area contributed by atoms with Gasteiger partial charge in [-0.25, -0.2) is 0 Å². The Kier molecular flexibility index (Phi) is 6.71. The molecule has 0 saturated carbocycles. The molecule has 0 bridgehead atoms. The van der Waals surface area contributed by atoms with Gasteiger partial charge in [-0.15, -0.1) is 0 Å². The summed E-state index contributed by atoms with van der Waals surface area (Å²) in [6.45, 7) is 5.80. The van der Waals surface area contributed by atoms with Crippen LogP contribution in [0.15, 0.2) is 42.5 Å². The molecule has 2 amide bonds. The van der Waals surface area contributed by atoms with Gasteiger partial charge in [0.1, 0.15) is 0 Å². The van der Waals surface area contributed by atoms with E-state index in [0.29, 0.717) is 28.9 Å². The quantitative estimate of drug-likeness (QED) is 0.691. The van der Waals surface area contributed by atoms with E-state index in [1.54, 1.807) is 42.5 Å². The Morgan fingerprint density at radius 1 is 1.00 bits per heavy atom. The van der Waals surface area contributed by atoms with E-state index in [1.807, 2.05) is 20.8 Å². The van der Waals surface area contributed by atoms with E-state index < -0.39 is 5.97 Å². The summed E-state index contributed by atoms with van der Waals surface area (Å²) in [4.78, 5) is 35.0. The summed E-state index contributed by atoms with van der Waals surface area (Å²) in [5, 5.41) is 14.4. The van der Waals surface area contributed by atoms with E-state index in [4.69, 9.17) is 5.11 Å². The average molecular weight is 368 g/mol. The van der Waals surface area contributed by atoms with Gasteiger partial charge in [0.2, 0.25) is 5.91 Å². The molecule has 0 aromatic heterocycles. The standard InChI is InChI=1S/C21H24N2O4/c1-13(2)10-19(24)23-18-9-6-16(11-14(18)3)21(27)22-17-7-4-15(5-8-17)12-20(25)26/h4-9,11,13H,10,12H2,1-3H3,(H,22,27)(H,23,24)(H,25,26). The van der Waals surface area contributed by atoms with Gasteiger partial charge in [-0.05, 0) is 54.3 Å². The molecular formula is C21H24N2O4. The molecule has 0 aliphatic heterocycles. The zero-order valence-electron chi connectivity index (χ0n) is 15.7. The Morgan fingerprint density at radius 2 is 1.67 bits per heavy atom. The summed E-state index contributed by atoms with van der Waals surface area (Å²) in [5.74, 6) is -0.948. The number of carbonyl (C=O) groups excluding carboxylic acids is 2. The SMILES string of the molecule is Cc1cc(C(=O)Nc2ccc(CC(=O)O)cc2)ccc1NC(=O)CC(C)C. The molecule has 6 nitrogen and oxygen atoms in total. The van der Waals surface area contributed by atoms with Gasteiger partial charge in [0.15, 0.2) is 0 Å². The first-order chi connectivity index (χ1) is 12.7. The number of nitrogens with one attached hydrogen (secondary N) is 2. The maximum atomic E-state index is 12.4. The molecule has 0 atom stereocenters. The minimum Gasteiger partial charge on any atom is -0.481 e. The van der Waals surface area contributed by atoms with E-state index in [1.165, 1.54) is 0 Å². The van der Waals surface area contributed by atoms with Crippen molar-refractivity contribution < 1.29 is 19.5 Å². The molecule has 27 heavy (non-hydrogen) atoms. The summed E-state index contributed by atoms with van der Waals surface area (Å²) in [5.41, 5.74) is 3.22. The summed E-state index contributed by atoms with van der Waals surface area (Å²) >= 11 is 0. The molecule has 0 saturated heterocycles. The molecule has 142 valence electrons. The molecule has 3 N–H and O–H groups in total. The highest BCUT2D eigenvalue weighted by atomic mass is 16.4. The van der Waals surface area contributed by atoms with Crippen LogP contribution in [-0.4, -0.2) is 22.9 Å². The van der Waals surface area contributed by atoms with Crippen molar-refractivity contribution in [3.8, 4) is 0 Å². The van der Waals surface area contributed by atoms with Crippen molar-refractivity contribution in [1.29, 1.82) is 0 Å². The van der Waals surface area contributed by atoms with E-state index in [0.717, 1.165) is 5.56 Å². The number of anilines is 2. The molecule has 0 aliphatic rings. The second-order valence-electron chi connectivity index (χ2n) is 6.90. The normalized spacial score (nSPS) is 10.5.